The third-order valence-corrected chi connectivity index (χ3v) is 4.19. The van der Waals surface area contributed by atoms with Gasteiger partial charge in [-0.2, -0.15) is 13.2 Å². The molecule has 26 heavy (non-hydrogen) atoms. The molecule has 1 aliphatic carbocycles. The van der Waals surface area contributed by atoms with Gasteiger partial charge in [-0.1, -0.05) is 36.4 Å². The molecule has 5 heteroatoms. The molecule has 0 atom stereocenters. The summed E-state index contributed by atoms with van der Waals surface area (Å²) in [6.45, 7) is 0. The van der Waals surface area contributed by atoms with Crippen LogP contribution in [0.15, 0.2) is 79.1 Å². The third kappa shape index (κ3) is 2.92. The highest BCUT2D eigenvalue weighted by Crippen LogP contribution is 2.42. The molecule has 1 aliphatic heterocycles. The Labute approximate surface area is 148 Å². The van der Waals surface area contributed by atoms with Gasteiger partial charge in [0.1, 0.15) is 0 Å². The maximum absolute atomic E-state index is 13.1. The summed E-state index contributed by atoms with van der Waals surface area (Å²) in [5.74, 6) is 0. The smallest absolute Gasteiger partial charge is 0.265 e. The average molecular weight is 350 g/mol. The molecular formula is C21H13F3N2. The van der Waals surface area contributed by atoms with E-state index in [-0.39, 0.29) is 0 Å². The summed E-state index contributed by atoms with van der Waals surface area (Å²) < 4.78 is 39.4. The molecule has 4 rings (SSSR count). The van der Waals surface area contributed by atoms with E-state index in [1.807, 2.05) is 42.5 Å². The van der Waals surface area contributed by atoms with Crippen LogP contribution in [0.1, 0.15) is 5.56 Å². The first-order valence-corrected chi connectivity index (χ1v) is 8.01. The Hall–Kier alpha value is -3.21. The van der Waals surface area contributed by atoms with Crippen LogP contribution in [0.3, 0.4) is 0 Å². The maximum atomic E-state index is 13.1. The number of fused-ring (bicyclic) bond motifs is 1. The van der Waals surface area contributed by atoms with Crippen LogP contribution in [0.25, 0.3) is 33.6 Å². The van der Waals surface area contributed by atoms with E-state index in [2.05, 4.69) is 9.97 Å². The largest absolute Gasteiger partial charge is 0.416 e. The normalized spacial score (nSPS) is 11.7. The summed E-state index contributed by atoms with van der Waals surface area (Å²) in [6.07, 6.45) is -1.08. The summed E-state index contributed by atoms with van der Waals surface area (Å²) in [7, 11) is 0. The number of hydrogen-bond donors (Lipinski definition) is 0. The molecule has 0 N–H and O–H groups in total. The number of benzene rings is 1. The Morgan fingerprint density at radius 3 is 2.27 bits per heavy atom. The van der Waals surface area contributed by atoms with E-state index in [9.17, 15) is 13.2 Å². The van der Waals surface area contributed by atoms with E-state index in [4.69, 9.17) is 0 Å². The first-order chi connectivity index (χ1) is 12.5. The second kappa shape index (κ2) is 6.26. The quantitative estimate of drug-likeness (QED) is 0.447. The fourth-order valence-corrected chi connectivity index (χ4v) is 3.01. The van der Waals surface area contributed by atoms with Crippen LogP contribution in [-0.2, 0) is 6.18 Å². The fraction of sp³-hybridized carbons (Fsp3) is 0.0476. The molecule has 2 nitrogen and oxygen atoms in total. The molecule has 0 saturated heterocycles. The topological polar surface area (TPSA) is 25.8 Å². The lowest BCUT2D eigenvalue weighted by Gasteiger charge is -2.09. The molecule has 0 bridgehead atoms. The average Bonchev–Trinajstić information content (AvgIpc) is 2.85. The summed E-state index contributed by atoms with van der Waals surface area (Å²) >= 11 is 0. The van der Waals surface area contributed by atoms with Crippen molar-refractivity contribution in [3.63, 3.8) is 0 Å². The highest BCUT2D eigenvalue weighted by molar-refractivity contribution is 5.94. The van der Waals surface area contributed by atoms with Crippen LogP contribution in [0.2, 0.25) is 0 Å². The zero-order valence-electron chi connectivity index (χ0n) is 13.5. The van der Waals surface area contributed by atoms with Gasteiger partial charge < -0.3 is 0 Å². The Morgan fingerprint density at radius 1 is 0.731 bits per heavy atom. The number of nitrogens with zero attached hydrogens (tertiary/aromatic N) is 2. The van der Waals surface area contributed by atoms with Crippen molar-refractivity contribution in [2.45, 2.75) is 6.18 Å². The van der Waals surface area contributed by atoms with Gasteiger partial charge in [0.25, 0.3) is 0 Å². The van der Waals surface area contributed by atoms with Gasteiger partial charge >= 0.3 is 6.18 Å². The number of alkyl halides is 3. The molecule has 0 radical (unpaired) electrons. The van der Waals surface area contributed by atoms with E-state index >= 15 is 0 Å². The van der Waals surface area contributed by atoms with Crippen molar-refractivity contribution in [2.75, 3.05) is 0 Å². The van der Waals surface area contributed by atoms with E-state index in [0.717, 1.165) is 34.5 Å². The minimum atomic E-state index is -4.40. The van der Waals surface area contributed by atoms with Gasteiger partial charge in [0.15, 0.2) is 0 Å². The number of hydrogen-bond acceptors (Lipinski definition) is 2. The molecule has 0 unspecified atom stereocenters. The number of pyridine rings is 1. The molecule has 1 aromatic carbocycles. The second-order valence-corrected chi connectivity index (χ2v) is 5.86. The van der Waals surface area contributed by atoms with Gasteiger partial charge in [-0.05, 0) is 35.9 Å². The zero-order valence-corrected chi connectivity index (χ0v) is 13.5. The molecule has 2 aromatic rings. The minimum absolute atomic E-state index is 0.436. The lowest BCUT2D eigenvalue weighted by molar-refractivity contribution is -0.137. The Balaban J connectivity index is 2.00. The van der Waals surface area contributed by atoms with Crippen molar-refractivity contribution in [3.05, 3.63) is 84.7 Å². The first-order valence-electron chi connectivity index (χ1n) is 8.01. The van der Waals surface area contributed by atoms with Gasteiger partial charge in [-0.15, -0.1) is 0 Å². The van der Waals surface area contributed by atoms with Crippen LogP contribution in [0, 0.1) is 0 Å². The molecule has 2 heterocycles. The monoisotopic (exact) mass is 350 g/mol. The van der Waals surface area contributed by atoms with Crippen molar-refractivity contribution in [3.8, 4) is 33.6 Å². The number of aromatic nitrogens is 2. The van der Waals surface area contributed by atoms with Crippen LogP contribution >= 0.6 is 0 Å². The summed E-state index contributed by atoms with van der Waals surface area (Å²) in [5, 5.41) is 0. The Morgan fingerprint density at radius 2 is 1.50 bits per heavy atom. The van der Waals surface area contributed by atoms with E-state index < -0.39 is 11.7 Å². The van der Waals surface area contributed by atoms with E-state index in [1.165, 1.54) is 6.07 Å². The lowest BCUT2D eigenvalue weighted by atomic mass is 9.97. The molecule has 2 aliphatic rings. The van der Waals surface area contributed by atoms with Crippen LogP contribution < -0.4 is 0 Å². The van der Waals surface area contributed by atoms with Crippen LogP contribution in [-0.4, -0.2) is 9.97 Å². The SMILES string of the molecule is FC(F)(F)c1cccc(-c2nc3cccccc-3c2-c2ccncc2)c1. The predicted octanol–water partition coefficient (Wildman–Crippen LogP) is 5.93. The lowest BCUT2D eigenvalue weighted by Crippen LogP contribution is -2.04. The van der Waals surface area contributed by atoms with Crippen molar-refractivity contribution >= 4 is 0 Å². The Bertz CT molecular complexity index is 1030. The second-order valence-electron chi connectivity index (χ2n) is 5.86. The first kappa shape index (κ1) is 16.3. The van der Waals surface area contributed by atoms with Crippen molar-refractivity contribution in [2.24, 2.45) is 0 Å². The summed E-state index contributed by atoms with van der Waals surface area (Å²) in [6, 6.07) is 18.4. The molecule has 1 aromatic heterocycles. The minimum Gasteiger partial charge on any atom is -0.265 e. The van der Waals surface area contributed by atoms with Gasteiger partial charge in [-0.25, -0.2) is 4.98 Å². The van der Waals surface area contributed by atoms with Gasteiger partial charge in [-0.3, -0.25) is 4.98 Å². The molecule has 0 fully saturated rings. The van der Waals surface area contributed by atoms with Crippen LogP contribution in [0.5, 0.6) is 0 Å². The molecular weight excluding hydrogens is 337 g/mol. The van der Waals surface area contributed by atoms with Crippen molar-refractivity contribution in [1.29, 1.82) is 0 Å². The van der Waals surface area contributed by atoms with Gasteiger partial charge in [0, 0.05) is 29.1 Å². The van der Waals surface area contributed by atoms with Gasteiger partial charge in [0.2, 0.25) is 0 Å². The summed E-state index contributed by atoms with van der Waals surface area (Å²) in [4.78, 5) is 8.66. The highest BCUT2D eigenvalue weighted by atomic mass is 19.4. The van der Waals surface area contributed by atoms with E-state index in [1.54, 1.807) is 18.5 Å². The van der Waals surface area contributed by atoms with E-state index in [0.29, 0.717) is 11.3 Å². The molecule has 0 spiro atoms. The predicted molar refractivity (Wildman–Crippen MR) is 94.5 cm³/mol. The van der Waals surface area contributed by atoms with Crippen LogP contribution in [0.4, 0.5) is 13.2 Å². The van der Waals surface area contributed by atoms with Crippen molar-refractivity contribution in [1.82, 2.24) is 9.97 Å². The maximum Gasteiger partial charge on any atom is 0.416 e. The van der Waals surface area contributed by atoms with Gasteiger partial charge in [0.05, 0.1) is 17.0 Å². The summed E-state index contributed by atoms with van der Waals surface area (Å²) in [5.41, 5.74) is 3.56. The van der Waals surface area contributed by atoms with Crippen molar-refractivity contribution < 1.29 is 13.2 Å². The molecule has 128 valence electrons. The standard InChI is InChI=1S/C21H13F3N2/c22-21(23,24)16-6-4-5-15(13-16)20-19(14-9-11-25-12-10-14)17-7-2-1-3-8-18(17)26-20/h1-13H. The number of halogens is 3. The fourth-order valence-electron chi connectivity index (χ4n) is 3.01. The Kier molecular flexibility index (Phi) is 3.92. The molecule has 0 amide bonds. The highest BCUT2D eigenvalue weighted by Gasteiger charge is 2.31. The zero-order chi connectivity index (χ0) is 18.1. The third-order valence-electron chi connectivity index (χ3n) is 4.19. The molecule has 0 saturated carbocycles. The number of rotatable bonds is 2.